The lowest BCUT2D eigenvalue weighted by atomic mass is 9.85. The molecule has 0 N–H and O–H groups in total. The summed E-state index contributed by atoms with van der Waals surface area (Å²) >= 11 is 0. The van der Waals surface area contributed by atoms with Crippen molar-refractivity contribution in [3.05, 3.63) is 12.7 Å². The highest BCUT2D eigenvalue weighted by Crippen LogP contribution is 2.26. The Morgan fingerprint density at radius 2 is 2.15 bits per heavy atom. The van der Waals surface area contributed by atoms with Gasteiger partial charge in [0.05, 0.1) is 12.0 Å². The van der Waals surface area contributed by atoms with Crippen LogP contribution in [0.15, 0.2) is 12.7 Å². The minimum atomic E-state index is -0.423. The molecule has 2 atom stereocenters. The second-order valence-electron chi connectivity index (χ2n) is 5.81. The normalized spacial score (nSPS) is 23.4. The van der Waals surface area contributed by atoms with Gasteiger partial charge in [-0.05, 0) is 27.2 Å². The van der Waals surface area contributed by atoms with Crippen LogP contribution in [0, 0.1) is 5.41 Å². The first kappa shape index (κ1) is 17.2. The van der Waals surface area contributed by atoms with Gasteiger partial charge in [-0.25, -0.2) is 0 Å². The van der Waals surface area contributed by atoms with Gasteiger partial charge in [-0.1, -0.05) is 13.0 Å². The summed E-state index contributed by atoms with van der Waals surface area (Å²) in [6.07, 6.45) is 2.59. The molecule has 1 heterocycles. The first-order valence-corrected chi connectivity index (χ1v) is 7.73. The van der Waals surface area contributed by atoms with Gasteiger partial charge < -0.3 is 9.64 Å². The van der Waals surface area contributed by atoms with Crippen molar-refractivity contribution < 1.29 is 9.53 Å². The van der Waals surface area contributed by atoms with E-state index >= 15 is 0 Å². The van der Waals surface area contributed by atoms with Gasteiger partial charge in [0.25, 0.3) is 0 Å². The van der Waals surface area contributed by atoms with Crippen molar-refractivity contribution in [3.63, 3.8) is 0 Å². The molecule has 0 saturated carbocycles. The predicted octanol–water partition coefficient (Wildman–Crippen LogP) is 2.16. The predicted molar refractivity (Wildman–Crippen MR) is 82.7 cm³/mol. The van der Waals surface area contributed by atoms with Gasteiger partial charge >= 0.3 is 0 Å². The number of hydrogen-bond donors (Lipinski definition) is 0. The Morgan fingerprint density at radius 1 is 1.45 bits per heavy atom. The quantitative estimate of drug-likeness (QED) is 0.530. The maximum Gasteiger partial charge on any atom is 0.232 e. The first-order chi connectivity index (χ1) is 9.48. The Morgan fingerprint density at radius 3 is 2.65 bits per heavy atom. The van der Waals surface area contributed by atoms with Crippen molar-refractivity contribution in [1.29, 1.82) is 0 Å². The molecular formula is C16H30N2O2. The molecule has 1 aliphatic rings. The van der Waals surface area contributed by atoms with Crippen molar-refractivity contribution in [2.75, 3.05) is 39.4 Å². The van der Waals surface area contributed by atoms with Gasteiger partial charge in [0.2, 0.25) is 5.91 Å². The molecule has 0 aromatic carbocycles. The highest BCUT2D eigenvalue weighted by molar-refractivity contribution is 5.84. The van der Waals surface area contributed by atoms with E-state index in [4.69, 9.17) is 4.74 Å². The molecule has 0 radical (unpaired) electrons. The number of amides is 1. The molecule has 1 rings (SSSR count). The summed E-state index contributed by atoms with van der Waals surface area (Å²) in [5, 5.41) is 0. The Bertz CT molecular complexity index is 332. The van der Waals surface area contributed by atoms with Crippen LogP contribution >= 0.6 is 0 Å². The van der Waals surface area contributed by atoms with Gasteiger partial charge in [-0.15, -0.1) is 6.58 Å². The van der Waals surface area contributed by atoms with Gasteiger partial charge in [-0.2, -0.15) is 0 Å². The zero-order valence-electron chi connectivity index (χ0n) is 13.5. The first-order valence-electron chi connectivity index (χ1n) is 7.73. The lowest BCUT2D eigenvalue weighted by Crippen LogP contribution is -2.56. The molecular weight excluding hydrogens is 252 g/mol. The van der Waals surface area contributed by atoms with E-state index in [9.17, 15) is 4.79 Å². The molecule has 1 fully saturated rings. The monoisotopic (exact) mass is 282 g/mol. The lowest BCUT2D eigenvalue weighted by Gasteiger charge is -2.42. The highest BCUT2D eigenvalue weighted by Gasteiger charge is 2.35. The number of ether oxygens (including phenoxy) is 1. The number of nitrogens with zero attached hydrogens (tertiary/aromatic N) is 2. The van der Waals surface area contributed by atoms with Gasteiger partial charge in [-0.3, -0.25) is 9.69 Å². The Kier molecular flexibility index (Phi) is 6.69. The summed E-state index contributed by atoms with van der Waals surface area (Å²) in [6.45, 7) is 17.1. The second-order valence-corrected chi connectivity index (χ2v) is 5.81. The van der Waals surface area contributed by atoms with Crippen LogP contribution in [-0.4, -0.2) is 61.1 Å². The zero-order valence-corrected chi connectivity index (χ0v) is 13.5. The smallest absolute Gasteiger partial charge is 0.232 e. The fourth-order valence-corrected chi connectivity index (χ4v) is 2.58. The molecule has 0 unspecified atom stereocenters. The highest BCUT2D eigenvalue weighted by atomic mass is 16.5. The Hall–Kier alpha value is -0.870. The molecule has 4 nitrogen and oxygen atoms in total. The lowest BCUT2D eigenvalue weighted by molar-refractivity contribution is -0.142. The largest absolute Gasteiger partial charge is 0.380 e. The van der Waals surface area contributed by atoms with E-state index in [0.29, 0.717) is 6.04 Å². The number of piperazine rings is 1. The van der Waals surface area contributed by atoms with Crippen LogP contribution in [0.4, 0.5) is 0 Å². The summed E-state index contributed by atoms with van der Waals surface area (Å²) in [4.78, 5) is 17.0. The molecule has 1 aliphatic heterocycles. The summed E-state index contributed by atoms with van der Waals surface area (Å²) in [5.74, 6) is 0.214. The summed E-state index contributed by atoms with van der Waals surface area (Å²) in [5.41, 5.74) is -0.423. The van der Waals surface area contributed by atoms with Crippen LogP contribution in [0.3, 0.4) is 0 Å². The van der Waals surface area contributed by atoms with Gasteiger partial charge in [0.1, 0.15) is 0 Å². The van der Waals surface area contributed by atoms with Crippen LogP contribution in [-0.2, 0) is 9.53 Å². The van der Waals surface area contributed by atoms with Crippen molar-refractivity contribution >= 4 is 5.91 Å². The van der Waals surface area contributed by atoms with Crippen LogP contribution in [0.1, 0.15) is 34.1 Å². The molecule has 116 valence electrons. The minimum absolute atomic E-state index is 0.214. The number of carbonyl (C=O) groups excluding carboxylic acids is 1. The molecule has 0 spiro atoms. The van der Waals surface area contributed by atoms with Gasteiger partial charge in [0.15, 0.2) is 0 Å². The average molecular weight is 282 g/mol. The van der Waals surface area contributed by atoms with E-state index in [1.54, 1.807) is 6.08 Å². The minimum Gasteiger partial charge on any atom is -0.380 e. The SMILES string of the molecule is C=C[C@@](C)(CC)C(=O)N1CCN(CCOCC)[C@@H](C)C1. The topological polar surface area (TPSA) is 32.8 Å². The molecule has 4 heteroatoms. The van der Waals surface area contributed by atoms with Crippen LogP contribution in [0.5, 0.6) is 0 Å². The van der Waals surface area contributed by atoms with E-state index in [-0.39, 0.29) is 5.91 Å². The fraction of sp³-hybridized carbons (Fsp3) is 0.812. The molecule has 1 saturated heterocycles. The van der Waals surface area contributed by atoms with E-state index in [0.717, 1.165) is 45.8 Å². The Balaban J connectivity index is 2.54. The van der Waals surface area contributed by atoms with Crippen LogP contribution < -0.4 is 0 Å². The van der Waals surface area contributed by atoms with Gasteiger partial charge in [0, 0.05) is 38.8 Å². The standard InChI is InChI=1S/C16H30N2O2/c1-6-16(5,7-2)15(19)18-10-9-17(14(4)13-18)11-12-20-8-3/h6,14H,1,7-13H2,2-5H3/t14-,16-/m0/s1. The molecule has 0 aromatic rings. The third-order valence-electron chi connectivity index (χ3n) is 4.45. The van der Waals surface area contributed by atoms with E-state index in [2.05, 4.69) is 18.4 Å². The van der Waals surface area contributed by atoms with E-state index < -0.39 is 5.41 Å². The van der Waals surface area contributed by atoms with Crippen molar-refractivity contribution in [3.8, 4) is 0 Å². The van der Waals surface area contributed by atoms with Crippen molar-refractivity contribution in [2.24, 2.45) is 5.41 Å². The molecule has 1 amide bonds. The average Bonchev–Trinajstić information content (AvgIpc) is 2.47. The van der Waals surface area contributed by atoms with E-state index in [1.807, 2.05) is 25.7 Å². The number of hydrogen-bond acceptors (Lipinski definition) is 3. The molecule has 20 heavy (non-hydrogen) atoms. The summed E-state index contributed by atoms with van der Waals surface area (Å²) < 4.78 is 5.41. The van der Waals surface area contributed by atoms with E-state index in [1.165, 1.54) is 0 Å². The molecule has 0 bridgehead atoms. The summed E-state index contributed by atoms with van der Waals surface area (Å²) in [7, 11) is 0. The zero-order chi connectivity index (χ0) is 15.2. The van der Waals surface area contributed by atoms with Crippen LogP contribution in [0.25, 0.3) is 0 Å². The molecule has 0 aliphatic carbocycles. The number of carbonyl (C=O) groups is 1. The third-order valence-corrected chi connectivity index (χ3v) is 4.45. The maximum atomic E-state index is 12.6. The fourth-order valence-electron chi connectivity index (χ4n) is 2.58. The second kappa shape index (κ2) is 7.79. The maximum absolute atomic E-state index is 12.6. The number of rotatable bonds is 7. The van der Waals surface area contributed by atoms with Crippen molar-refractivity contribution in [2.45, 2.75) is 40.2 Å². The Labute approximate surface area is 123 Å². The van der Waals surface area contributed by atoms with Crippen LogP contribution in [0.2, 0.25) is 0 Å². The summed E-state index contributed by atoms with van der Waals surface area (Å²) in [6, 6.07) is 0.388. The van der Waals surface area contributed by atoms with Crippen molar-refractivity contribution in [1.82, 2.24) is 9.80 Å². The third kappa shape index (κ3) is 4.06. The molecule has 0 aromatic heterocycles.